The average Bonchev–Trinajstić information content (AvgIpc) is 3.00. The van der Waals surface area contributed by atoms with Gasteiger partial charge in [0.15, 0.2) is 0 Å². The van der Waals surface area contributed by atoms with Crippen molar-refractivity contribution in [2.45, 2.75) is 13.8 Å². The number of para-hydroxylation sites is 2. The molecule has 2 amide bonds. The summed E-state index contributed by atoms with van der Waals surface area (Å²) in [6.07, 6.45) is 0. The molecule has 0 radical (unpaired) electrons. The Bertz CT molecular complexity index is 1240. The average molecular weight is 451 g/mol. The van der Waals surface area contributed by atoms with Gasteiger partial charge in [-0.2, -0.15) is 0 Å². The lowest BCUT2D eigenvalue weighted by Crippen LogP contribution is -2.33. The molecular formula is C25H20ClFN2O3. The molecule has 3 aromatic carbocycles. The molecule has 7 heteroatoms. The molecule has 32 heavy (non-hydrogen) atoms. The van der Waals surface area contributed by atoms with E-state index in [0.717, 1.165) is 4.90 Å². The molecule has 1 heterocycles. The molecule has 4 rings (SSSR count). The Morgan fingerprint density at radius 2 is 1.72 bits per heavy atom. The number of hydrogen-bond donors (Lipinski definition) is 1. The number of nitrogens with one attached hydrogen (secondary N) is 1. The Hall–Kier alpha value is -3.64. The monoisotopic (exact) mass is 450 g/mol. The number of aryl methyl sites for hydroxylation is 1. The van der Waals surface area contributed by atoms with Gasteiger partial charge in [0.2, 0.25) is 0 Å². The fourth-order valence-corrected chi connectivity index (χ4v) is 3.83. The van der Waals surface area contributed by atoms with Gasteiger partial charge in [-0.05, 0) is 67.4 Å². The van der Waals surface area contributed by atoms with Crippen LogP contribution >= 0.6 is 11.6 Å². The van der Waals surface area contributed by atoms with E-state index in [1.54, 1.807) is 43.3 Å². The van der Waals surface area contributed by atoms with Gasteiger partial charge in [-0.3, -0.25) is 9.59 Å². The largest absolute Gasteiger partial charge is 0.492 e. The number of rotatable bonds is 6. The van der Waals surface area contributed by atoms with Crippen LogP contribution in [-0.2, 0) is 9.59 Å². The second-order valence-corrected chi connectivity index (χ2v) is 7.62. The Morgan fingerprint density at radius 3 is 2.41 bits per heavy atom. The van der Waals surface area contributed by atoms with E-state index in [9.17, 15) is 14.0 Å². The number of anilines is 2. The molecule has 0 unspecified atom stereocenters. The molecule has 0 fully saturated rings. The second-order valence-electron chi connectivity index (χ2n) is 7.19. The molecule has 0 saturated heterocycles. The number of ether oxygens (including phenoxy) is 1. The minimum atomic E-state index is -0.522. The summed E-state index contributed by atoms with van der Waals surface area (Å²) >= 11 is 6.06. The SMILES string of the molecule is CCOc1ccccc1NC1=C(c2ccc(F)cc2)C(=O)N(c2ccc(Cl)cc2C)C1=O. The highest BCUT2D eigenvalue weighted by Crippen LogP contribution is 2.37. The summed E-state index contributed by atoms with van der Waals surface area (Å²) in [5.74, 6) is -0.926. The standard InChI is InChI=1S/C25H20ClFN2O3/c1-3-32-21-7-5-4-6-19(21)28-23-22(16-8-11-18(27)12-9-16)24(30)29(25(23)31)20-13-10-17(26)14-15(20)2/h4-14,28H,3H2,1-2H3. The molecule has 0 spiro atoms. The first-order valence-electron chi connectivity index (χ1n) is 10.0. The Kier molecular flexibility index (Phi) is 5.97. The van der Waals surface area contributed by atoms with Crippen LogP contribution in [0, 0.1) is 12.7 Å². The predicted molar refractivity (Wildman–Crippen MR) is 123 cm³/mol. The van der Waals surface area contributed by atoms with Crippen LogP contribution in [0.5, 0.6) is 5.75 Å². The Morgan fingerprint density at radius 1 is 1.00 bits per heavy atom. The van der Waals surface area contributed by atoms with Gasteiger partial charge in [0, 0.05) is 5.02 Å². The first kappa shape index (κ1) is 21.6. The first-order chi connectivity index (χ1) is 15.4. The van der Waals surface area contributed by atoms with Crippen LogP contribution in [0.2, 0.25) is 5.02 Å². The van der Waals surface area contributed by atoms with E-state index in [2.05, 4.69) is 5.32 Å². The van der Waals surface area contributed by atoms with Gasteiger partial charge in [-0.15, -0.1) is 0 Å². The highest BCUT2D eigenvalue weighted by Gasteiger charge is 2.41. The number of imide groups is 1. The van der Waals surface area contributed by atoms with E-state index < -0.39 is 17.6 Å². The fourth-order valence-electron chi connectivity index (χ4n) is 3.60. The molecule has 1 N–H and O–H groups in total. The number of benzene rings is 3. The van der Waals surface area contributed by atoms with Crippen molar-refractivity contribution in [1.29, 1.82) is 0 Å². The molecule has 0 atom stereocenters. The van der Waals surface area contributed by atoms with Crippen LogP contribution in [0.3, 0.4) is 0 Å². The molecule has 0 saturated carbocycles. The smallest absolute Gasteiger partial charge is 0.282 e. The van der Waals surface area contributed by atoms with Gasteiger partial charge in [-0.1, -0.05) is 35.9 Å². The van der Waals surface area contributed by atoms with Crippen LogP contribution in [0.15, 0.2) is 72.4 Å². The third-order valence-corrected chi connectivity index (χ3v) is 5.30. The lowest BCUT2D eigenvalue weighted by atomic mass is 10.0. The molecule has 162 valence electrons. The van der Waals surface area contributed by atoms with Crippen LogP contribution < -0.4 is 15.0 Å². The summed E-state index contributed by atoms with van der Waals surface area (Å²) in [5, 5.41) is 3.59. The van der Waals surface area contributed by atoms with Crippen molar-refractivity contribution < 1.29 is 18.7 Å². The van der Waals surface area contributed by atoms with Gasteiger partial charge in [0.05, 0.1) is 23.6 Å². The van der Waals surface area contributed by atoms with Crippen molar-refractivity contribution in [3.8, 4) is 5.75 Å². The van der Waals surface area contributed by atoms with Crippen molar-refractivity contribution in [3.05, 3.63) is 94.4 Å². The number of nitrogens with zero attached hydrogens (tertiary/aromatic N) is 1. The van der Waals surface area contributed by atoms with Gasteiger partial charge in [0.1, 0.15) is 17.3 Å². The molecule has 1 aliphatic rings. The number of hydrogen-bond acceptors (Lipinski definition) is 4. The van der Waals surface area contributed by atoms with Crippen molar-refractivity contribution >= 4 is 40.4 Å². The first-order valence-corrected chi connectivity index (χ1v) is 10.4. The summed E-state index contributed by atoms with van der Waals surface area (Å²) < 4.78 is 19.2. The van der Waals surface area contributed by atoms with E-state index in [4.69, 9.17) is 16.3 Å². The second kappa shape index (κ2) is 8.85. The maximum atomic E-state index is 13.5. The van der Waals surface area contributed by atoms with Gasteiger partial charge >= 0.3 is 0 Å². The fraction of sp³-hybridized carbons (Fsp3) is 0.120. The summed E-state index contributed by atoms with van der Waals surface area (Å²) in [4.78, 5) is 28.1. The zero-order valence-electron chi connectivity index (χ0n) is 17.5. The van der Waals surface area contributed by atoms with E-state index in [0.29, 0.717) is 39.9 Å². The molecule has 0 bridgehead atoms. The molecule has 0 aromatic heterocycles. The summed E-state index contributed by atoms with van der Waals surface area (Å²) in [6, 6.07) is 17.5. The number of halogens is 2. The highest BCUT2D eigenvalue weighted by molar-refractivity contribution is 6.46. The molecule has 5 nitrogen and oxygen atoms in total. The number of carbonyl (C=O) groups excluding carboxylic acids is 2. The zero-order valence-corrected chi connectivity index (χ0v) is 18.2. The van der Waals surface area contributed by atoms with E-state index in [1.165, 1.54) is 24.3 Å². The third kappa shape index (κ3) is 3.97. The van der Waals surface area contributed by atoms with E-state index in [1.807, 2.05) is 13.0 Å². The van der Waals surface area contributed by atoms with Crippen LogP contribution in [0.25, 0.3) is 5.57 Å². The zero-order chi connectivity index (χ0) is 22.8. The molecule has 0 aliphatic carbocycles. The third-order valence-electron chi connectivity index (χ3n) is 5.06. The minimum Gasteiger partial charge on any atom is -0.492 e. The number of carbonyl (C=O) groups is 2. The number of amides is 2. The summed E-state index contributed by atoms with van der Waals surface area (Å²) in [6.45, 7) is 4.07. The van der Waals surface area contributed by atoms with Crippen molar-refractivity contribution in [3.63, 3.8) is 0 Å². The molecular weight excluding hydrogens is 431 g/mol. The lowest BCUT2D eigenvalue weighted by molar-refractivity contribution is -0.120. The Balaban J connectivity index is 1.84. The van der Waals surface area contributed by atoms with Gasteiger partial charge < -0.3 is 10.1 Å². The highest BCUT2D eigenvalue weighted by atomic mass is 35.5. The van der Waals surface area contributed by atoms with Gasteiger partial charge in [0.25, 0.3) is 11.8 Å². The summed E-state index contributed by atoms with van der Waals surface area (Å²) in [7, 11) is 0. The van der Waals surface area contributed by atoms with Crippen LogP contribution in [-0.4, -0.2) is 18.4 Å². The molecule has 3 aromatic rings. The lowest BCUT2D eigenvalue weighted by Gasteiger charge is -2.18. The van der Waals surface area contributed by atoms with E-state index in [-0.39, 0.29) is 11.3 Å². The van der Waals surface area contributed by atoms with Crippen LogP contribution in [0.1, 0.15) is 18.1 Å². The maximum Gasteiger partial charge on any atom is 0.282 e. The predicted octanol–water partition coefficient (Wildman–Crippen LogP) is 5.58. The normalized spacial score (nSPS) is 13.7. The molecule has 1 aliphatic heterocycles. The summed E-state index contributed by atoms with van der Waals surface area (Å²) in [5.41, 5.74) is 2.31. The van der Waals surface area contributed by atoms with Crippen molar-refractivity contribution in [2.75, 3.05) is 16.8 Å². The van der Waals surface area contributed by atoms with Crippen LogP contribution in [0.4, 0.5) is 15.8 Å². The maximum absolute atomic E-state index is 13.5. The Labute approximate surface area is 190 Å². The van der Waals surface area contributed by atoms with Crippen molar-refractivity contribution in [1.82, 2.24) is 0 Å². The van der Waals surface area contributed by atoms with Crippen molar-refractivity contribution in [2.24, 2.45) is 0 Å². The van der Waals surface area contributed by atoms with E-state index >= 15 is 0 Å². The minimum absolute atomic E-state index is 0.0862. The quantitative estimate of drug-likeness (QED) is 0.498. The van der Waals surface area contributed by atoms with Gasteiger partial charge in [-0.25, -0.2) is 9.29 Å². The topological polar surface area (TPSA) is 58.6 Å².